The average Bonchev–Trinajstić information content (AvgIpc) is 3.38. The Hall–Kier alpha value is -2.99. The molecule has 12 heteroatoms. The molecule has 1 N–H and O–H groups in total. The van der Waals surface area contributed by atoms with Crippen molar-refractivity contribution in [1.82, 2.24) is 15.0 Å². The summed E-state index contributed by atoms with van der Waals surface area (Å²) in [7, 11) is 0. The van der Waals surface area contributed by atoms with Crippen molar-refractivity contribution in [2.45, 2.75) is 50.7 Å². The molecule has 33 heavy (non-hydrogen) atoms. The van der Waals surface area contributed by atoms with Crippen molar-refractivity contribution in [2.24, 2.45) is 0 Å². The monoisotopic (exact) mass is 471 g/mol. The molecule has 2 aromatic heterocycles. The second kappa shape index (κ2) is 10.3. The van der Waals surface area contributed by atoms with Crippen molar-refractivity contribution in [2.75, 3.05) is 19.7 Å². The second-order valence-corrected chi connectivity index (χ2v) is 7.96. The Bertz CT molecular complexity index is 952. The van der Waals surface area contributed by atoms with Gasteiger partial charge < -0.3 is 24.0 Å². The van der Waals surface area contributed by atoms with E-state index in [1.807, 2.05) is 30.2 Å². The van der Waals surface area contributed by atoms with E-state index in [4.69, 9.17) is 23.9 Å². The smallest absolute Gasteiger partial charge is 0.475 e. The maximum absolute atomic E-state index is 12.6. The van der Waals surface area contributed by atoms with E-state index in [0.717, 1.165) is 24.8 Å². The number of aliphatic carboxylic acids is 1. The zero-order valence-electron chi connectivity index (χ0n) is 17.9. The Morgan fingerprint density at radius 2 is 2.15 bits per heavy atom. The number of hydrogen-bond acceptors (Lipinski definition) is 7. The third-order valence-electron chi connectivity index (χ3n) is 5.29. The van der Waals surface area contributed by atoms with Gasteiger partial charge in [-0.1, -0.05) is 11.2 Å². The molecule has 0 aromatic carbocycles. The van der Waals surface area contributed by atoms with Crippen LogP contribution in [0, 0.1) is 6.92 Å². The molecule has 0 unspecified atom stereocenters. The summed E-state index contributed by atoms with van der Waals surface area (Å²) in [6.07, 6.45) is 1.17. The molecule has 0 bridgehead atoms. The van der Waals surface area contributed by atoms with Gasteiger partial charge >= 0.3 is 12.1 Å². The highest BCUT2D eigenvalue weighted by molar-refractivity contribution is 5.91. The first-order valence-electron chi connectivity index (χ1n) is 10.3. The molecular weight excluding hydrogens is 447 g/mol. The zero-order chi connectivity index (χ0) is 24.1. The van der Waals surface area contributed by atoms with Gasteiger partial charge in [0.15, 0.2) is 0 Å². The molecule has 9 nitrogen and oxygen atoms in total. The number of carbonyl (C=O) groups is 2. The Kier molecular flexibility index (Phi) is 7.69. The van der Waals surface area contributed by atoms with Crippen molar-refractivity contribution >= 4 is 11.9 Å². The first-order chi connectivity index (χ1) is 15.6. The van der Waals surface area contributed by atoms with Gasteiger partial charge in [0.2, 0.25) is 5.76 Å². The molecule has 2 aromatic rings. The average molecular weight is 471 g/mol. The number of rotatable bonds is 4. The number of nitrogens with zero attached hydrogens (tertiary/aromatic N) is 3. The number of hydrogen-bond donors (Lipinski definition) is 1. The van der Waals surface area contributed by atoms with Crippen molar-refractivity contribution in [3.05, 3.63) is 47.6 Å². The van der Waals surface area contributed by atoms with Crippen LogP contribution in [-0.2, 0) is 20.9 Å². The van der Waals surface area contributed by atoms with E-state index in [1.54, 1.807) is 12.3 Å². The predicted octanol–water partition coefficient (Wildman–Crippen LogP) is 2.99. The number of carbonyl (C=O) groups excluding carboxylic acids is 1. The Morgan fingerprint density at radius 3 is 2.76 bits per heavy atom. The van der Waals surface area contributed by atoms with Gasteiger partial charge in [-0.25, -0.2) is 4.79 Å². The van der Waals surface area contributed by atoms with Crippen LogP contribution in [0.5, 0.6) is 0 Å². The highest BCUT2D eigenvalue weighted by Crippen LogP contribution is 2.36. The van der Waals surface area contributed by atoms with Crippen LogP contribution < -0.4 is 0 Å². The van der Waals surface area contributed by atoms with Crippen LogP contribution >= 0.6 is 0 Å². The number of amides is 1. The molecule has 4 heterocycles. The summed E-state index contributed by atoms with van der Waals surface area (Å²) in [5.41, 5.74) is 1.44. The molecule has 0 radical (unpaired) electrons. The van der Waals surface area contributed by atoms with Gasteiger partial charge in [0.1, 0.15) is 0 Å². The van der Waals surface area contributed by atoms with E-state index in [-0.39, 0.29) is 17.6 Å². The lowest BCUT2D eigenvalue weighted by molar-refractivity contribution is -0.192. The van der Waals surface area contributed by atoms with Crippen molar-refractivity contribution < 1.29 is 41.9 Å². The van der Waals surface area contributed by atoms with E-state index in [2.05, 4.69) is 10.1 Å². The molecule has 0 saturated carbocycles. The Labute approximate surface area is 187 Å². The van der Waals surface area contributed by atoms with Gasteiger partial charge in [-0.15, -0.1) is 0 Å². The van der Waals surface area contributed by atoms with Crippen LogP contribution in [0.1, 0.15) is 41.1 Å². The topological polar surface area (TPSA) is 115 Å². The van der Waals surface area contributed by atoms with Crippen LogP contribution in [0.25, 0.3) is 0 Å². The lowest BCUT2D eigenvalue weighted by atomic mass is 9.89. The fourth-order valence-electron chi connectivity index (χ4n) is 3.78. The van der Waals surface area contributed by atoms with E-state index in [1.165, 1.54) is 0 Å². The quantitative estimate of drug-likeness (QED) is 0.724. The molecule has 2 aliphatic heterocycles. The summed E-state index contributed by atoms with van der Waals surface area (Å²) in [6, 6.07) is 5.58. The minimum Gasteiger partial charge on any atom is -0.475 e. The highest BCUT2D eigenvalue weighted by Gasteiger charge is 2.45. The van der Waals surface area contributed by atoms with Gasteiger partial charge in [-0.05, 0) is 31.4 Å². The summed E-state index contributed by atoms with van der Waals surface area (Å²) >= 11 is 0. The van der Waals surface area contributed by atoms with Crippen LogP contribution in [0.4, 0.5) is 13.2 Å². The maximum Gasteiger partial charge on any atom is 0.490 e. The maximum atomic E-state index is 12.6. The Morgan fingerprint density at radius 1 is 1.39 bits per heavy atom. The number of pyridine rings is 1. The fraction of sp³-hybridized carbons (Fsp3) is 0.524. The van der Waals surface area contributed by atoms with Crippen molar-refractivity contribution in [3.63, 3.8) is 0 Å². The molecule has 2 fully saturated rings. The summed E-state index contributed by atoms with van der Waals surface area (Å²) in [5.74, 6) is -2.58. The molecule has 0 aliphatic carbocycles. The lowest BCUT2D eigenvalue weighted by Gasteiger charge is -2.39. The van der Waals surface area contributed by atoms with Gasteiger partial charge in [0.25, 0.3) is 5.91 Å². The number of carboxylic acids is 1. The summed E-state index contributed by atoms with van der Waals surface area (Å²) in [6.45, 7) is 4.17. The van der Waals surface area contributed by atoms with Crippen molar-refractivity contribution in [3.8, 4) is 0 Å². The third-order valence-corrected chi connectivity index (χ3v) is 5.29. The first-order valence-corrected chi connectivity index (χ1v) is 10.3. The SMILES string of the molecule is Cc1cc(C(=O)N2CCC[C@]3(C[C@@H](OCc4cccnc4)CO3)C2)on1.O=C(O)C(F)(F)F. The number of halogens is 3. The lowest BCUT2D eigenvalue weighted by Crippen LogP contribution is -2.50. The normalized spacial score (nSPS) is 22.7. The van der Waals surface area contributed by atoms with E-state index in [0.29, 0.717) is 37.8 Å². The minimum atomic E-state index is -5.08. The molecule has 2 saturated heterocycles. The summed E-state index contributed by atoms with van der Waals surface area (Å²) in [4.78, 5) is 27.5. The van der Waals surface area contributed by atoms with Crippen molar-refractivity contribution in [1.29, 1.82) is 0 Å². The van der Waals surface area contributed by atoms with Crippen LogP contribution in [-0.4, -0.2) is 69.6 Å². The highest BCUT2D eigenvalue weighted by atomic mass is 19.4. The van der Waals surface area contributed by atoms with Gasteiger partial charge in [-0.2, -0.15) is 13.2 Å². The first kappa shape index (κ1) is 24.6. The summed E-state index contributed by atoms with van der Waals surface area (Å²) in [5, 5.41) is 10.9. The number of aryl methyl sites for hydroxylation is 1. The third kappa shape index (κ3) is 6.75. The molecular formula is C21H24F3N3O6. The second-order valence-electron chi connectivity index (χ2n) is 7.96. The number of aromatic nitrogens is 2. The molecule has 2 aliphatic rings. The van der Waals surface area contributed by atoms with Gasteiger partial charge in [-0.3, -0.25) is 9.78 Å². The minimum absolute atomic E-state index is 0.0396. The van der Waals surface area contributed by atoms with Crippen LogP contribution in [0.3, 0.4) is 0 Å². The van der Waals surface area contributed by atoms with Gasteiger partial charge in [0.05, 0.1) is 37.2 Å². The largest absolute Gasteiger partial charge is 0.490 e. The number of ether oxygens (including phenoxy) is 2. The van der Waals surface area contributed by atoms with Gasteiger partial charge in [0, 0.05) is 31.4 Å². The standard InChI is InChI=1S/C19H23N3O4.C2HF3O2/c1-14-8-17(26-21-14)18(23)22-7-3-5-19(13-22)9-16(12-25-19)24-11-15-4-2-6-20-10-15;3-2(4,5)1(6)7/h2,4,6,8,10,16H,3,5,7,9,11-13H2,1H3;(H,6,7)/t16-,19+;/m1./s1. The molecule has 1 spiro atoms. The number of likely N-dealkylation sites (tertiary alicyclic amines) is 1. The molecule has 180 valence electrons. The van der Waals surface area contributed by atoms with Crippen LogP contribution in [0.2, 0.25) is 0 Å². The fourth-order valence-corrected chi connectivity index (χ4v) is 3.78. The van der Waals surface area contributed by atoms with E-state index in [9.17, 15) is 18.0 Å². The molecule has 4 rings (SSSR count). The predicted molar refractivity (Wildman–Crippen MR) is 106 cm³/mol. The summed E-state index contributed by atoms with van der Waals surface area (Å²) < 4.78 is 49.0. The Balaban J connectivity index is 0.000000383. The molecule has 1 amide bonds. The molecule has 2 atom stereocenters. The number of piperidine rings is 1. The van der Waals surface area contributed by atoms with E-state index >= 15 is 0 Å². The zero-order valence-corrected chi connectivity index (χ0v) is 17.9. The number of alkyl halides is 3. The van der Waals surface area contributed by atoms with E-state index < -0.39 is 12.1 Å². The van der Waals surface area contributed by atoms with Crippen LogP contribution in [0.15, 0.2) is 35.1 Å². The number of carboxylic acid groups (broad SMARTS) is 1.